The number of hydrogen-bond acceptors (Lipinski definition) is 3. The Labute approximate surface area is 104 Å². The second-order valence-corrected chi connectivity index (χ2v) is 4.33. The highest BCUT2D eigenvalue weighted by Crippen LogP contribution is 2.24. The summed E-state index contributed by atoms with van der Waals surface area (Å²) in [5.41, 5.74) is 0.0792. The van der Waals surface area contributed by atoms with Crippen molar-refractivity contribution < 1.29 is 19.4 Å². The maximum Gasteiger partial charge on any atom is 0.339 e. The van der Waals surface area contributed by atoms with Gasteiger partial charge in [-0.05, 0) is 31.0 Å². The maximum absolute atomic E-state index is 11.0. The van der Waals surface area contributed by atoms with Gasteiger partial charge in [-0.1, -0.05) is 11.6 Å². The van der Waals surface area contributed by atoms with Gasteiger partial charge in [0, 0.05) is 11.6 Å². The summed E-state index contributed by atoms with van der Waals surface area (Å²) in [5.74, 6) is -0.716. The molecule has 0 radical (unpaired) electrons. The summed E-state index contributed by atoms with van der Waals surface area (Å²) >= 11 is 5.74. The molecule has 1 fully saturated rings. The van der Waals surface area contributed by atoms with E-state index in [0.29, 0.717) is 17.4 Å². The normalized spacial score (nSPS) is 19.2. The van der Waals surface area contributed by atoms with Crippen molar-refractivity contribution in [3.05, 3.63) is 28.8 Å². The van der Waals surface area contributed by atoms with Gasteiger partial charge in [-0.25, -0.2) is 4.79 Å². The lowest BCUT2D eigenvalue weighted by Gasteiger charge is -2.13. The molecule has 0 aromatic heterocycles. The molecule has 0 spiro atoms. The molecular weight excluding hydrogens is 244 g/mol. The Balaban J connectivity index is 2.06. The van der Waals surface area contributed by atoms with Gasteiger partial charge in [0.15, 0.2) is 0 Å². The number of carboxylic acids is 1. The number of rotatable bonds is 4. The maximum atomic E-state index is 11.0. The summed E-state index contributed by atoms with van der Waals surface area (Å²) in [6.07, 6.45) is 2.04. The van der Waals surface area contributed by atoms with Crippen LogP contribution in [0.3, 0.4) is 0 Å². The summed E-state index contributed by atoms with van der Waals surface area (Å²) in [5, 5.41) is 9.39. The van der Waals surface area contributed by atoms with Crippen LogP contribution in [-0.2, 0) is 4.74 Å². The fourth-order valence-electron chi connectivity index (χ4n) is 1.75. The van der Waals surface area contributed by atoms with E-state index in [0.717, 1.165) is 19.4 Å². The predicted molar refractivity (Wildman–Crippen MR) is 62.9 cm³/mol. The first-order valence-corrected chi connectivity index (χ1v) is 5.82. The molecule has 1 N–H and O–H groups in total. The van der Waals surface area contributed by atoms with Crippen molar-refractivity contribution in [2.24, 2.45) is 0 Å². The van der Waals surface area contributed by atoms with Crippen molar-refractivity contribution in [1.29, 1.82) is 0 Å². The Morgan fingerprint density at radius 3 is 3.06 bits per heavy atom. The highest BCUT2D eigenvalue weighted by molar-refractivity contribution is 6.31. The van der Waals surface area contributed by atoms with Gasteiger partial charge in [-0.2, -0.15) is 0 Å². The highest BCUT2D eigenvalue weighted by atomic mass is 35.5. The SMILES string of the molecule is O=C(O)c1cc(Cl)ccc1OCC1CCCO1. The van der Waals surface area contributed by atoms with Crippen LogP contribution in [0.4, 0.5) is 0 Å². The molecule has 5 heteroatoms. The molecule has 0 amide bonds. The standard InChI is InChI=1S/C12H13ClO4/c13-8-3-4-11(10(6-8)12(14)15)17-7-9-2-1-5-16-9/h3-4,6,9H,1-2,5,7H2,(H,14,15). The molecule has 1 saturated heterocycles. The Morgan fingerprint density at radius 1 is 1.59 bits per heavy atom. The monoisotopic (exact) mass is 256 g/mol. The van der Waals surface area contributed by atoms with Gasteiger partial charge in [0.1, 0.15) is 17.9 Å². The largest absolute Gasteiger partial charge is 0.490 e. The quantitative estimate of drug-likeness (QED) is 0.900. The van der Waals surface area contributed by atoms with Crippen LogP contribution in [0.5, 0.6) is 5.75 Å². The van der Waals surface area contributed by atoms with Crippen LogP contribution in [0.2, 0.25) is 5.02 Å². The average Bonchev–Trinajstić information content (AvgIpc) is 2.80. The molecule has 1 aromatic carbocycles. The molecule has 1 unspecified atom stereocenters. The van der Waals surface area contributed by atoms with Crippen LogP contribution in [0, 0.1) is 0 Å². The fraction of sp³-hybridized carbons (Fsp3) is 0.417. The molecule has 1 atom stereocenters. The van der Waals surface area contributed by atoms with E-state index in [2.05, 4.69) is 0 Å². The smallest absolute Gasteiger partial charge is 0.339 e. The third-order valence-electron chi connectivity index (χ3n) is 2.62. The van der Waals surface area contributed by atoms with E-state index in [-0.39, 0.29) is 11.7 Å². The first-order valence-electron chi connectivity index (χ1n) is 5.44. The van der Waals surface area contributed by atoms with E-state index >= 15 is 0 Å². The molecule has 17 heavy (non-hydrogen) atoms. The number of ether oxygens (including phenoxy) is 2. The molecule has 1 aliphatic rings. The van der Waals surface area contributed by atoms with Gasteiger partial charge < -0.3 is 14.6 Å². The average molecular weight is 257 g/mol. The number of halogens is 1. The minimum atomic E-state index is -1.05. The summed E-state index contributed by atoms with van der Waals surface area (Å²) < 4.78 is 10.9. The lowest BCUT2D eigenvalue weighted by atomic mass is 10.2. The second-order valence-electron chi connectivity index (χ2n) is 3.89. The van der Waals surface area contributed by atoms with Crippen LogP contribution in [0.25, 0.3) is 0 Å². The lowest BCUT2D eigenvalue weighted by molar-refractivity contribution is 0.0629. The Morgan fingerprint density at radius 2 is 2.41 bits per heavy atom. The zero-order valence-electron chi connectivity index (χ0n) is 9.19. The van der Waals surface area contributed by atoms with Gasteiger partial charge >= 0.3 is 5.97 Å². The lowest BCUT2D eigenvalue weighted by Crippen LogP contribution is -2.17. The third kappa shape index (κ3) is 3.11. The van der Waals surface area contributed by atoms with E-state index in [1.165, 1.54) is 6.07 Å². The molecule has 0 saturated carbocycles. The van der Waals surface area contributed by atoms with E-state index in [9.17, 15) is 4.79 Å². The molecule has 0 bridgehead atoms. The Bertz CT molecular complexity index is 413. The van der Waals surface area contributed by atoms with Crippen LogP contribution in [0.15, 0.2) is 18.2 Å². The van der Waals surface area contributed by atoms with Crippen molar-refractivity contribution in [2.75, 3.05) is 13.2 Å². The van der Waals surface area contributed by atoms with Gasteiger partial charge in [-0.3, -0.25) is 0 Å². The second kappa shape index (κ2) is 5.38. The third-order valence-corrected chi connectivity index (χ3v) is 2.86. The van der Waals surface area contributed by atoms with Crippen molar-refractivity contribution in [1.82, 2.24) is 0 Å². The molecule has 1 heterocycles. The van der Waals surface area contributed by atoms with E-state index in [1.54, 1.807) is 12.1 Å². The van der Waals surface area contributed by atoms with Crippen molar-refractivity contribution in [2.45, 2.75) is 18.9 Å². The molecule has 2 rings (SSSR count). The van der Waals surface area contributed by atoms with E-state index in [1.807, 2.05) is 0 Å². The van der Waals surface area contributed by atoms with Crippen LogP contribution >= 0.6 is 11.6 Å². The number of aromatic carboxylic acids is 1. The van der Waals surface area contributed by atoms with Gasteiger partial charge in [-0.15, -0.1) is 0 Å². The van der Waals surface area contributed by atoms with Crippen molar-refractivity contribution in [3.63, 3.8) is 0 Å². The fourth-order valence-corrected chi connectivity index (χ4v) is 1.93. The van der Waals surface area contributed by atoms with Crippen LogP contribution in [-0.4, -0.2) is 30.4 Å². The summed E-state index contributed by atoms with van der Waals surface area (Å²) in [4.78, 5) is 11.0. The number of benzene rings is 1. The summed E-state index contributed by atoms with van der Waals surface area (Å²) in [6, 6.07) is 4.56. The molecule has 4 nitrogen and oxygen atoms in total. The minimum Gasteiger partial charge on any atom is -0.490 e. The Hall–Kier alpha value is -1.26. The van der Waals surface area contributed by atoms with Gasteiger partial charge in [0.05, 0.1) is 6.10 Å². The molecule has 1 aliphatic heterocycles. The number of carbonyl (C=O) groups is 1. The molecule has 0 aliphatic carbocycles. The first-order chi connectivity index (χ1) is 8.16. The predicted octanol–water partition coefficient (Wildman–Crippen LogP) is 2.60. The number of hydrogen-bond donors (Lipinski definition) is 1. The number of carboxylic acid groups (broad SMARTS) is 1. The molecule has 92 valence electrons. The van der Waals surface area contributed by atoms with Gasteiger partial charge in [0.25, 0.3) is 0 Å². The zero-order valence-corrected chi connectivity index (χ0v) is 9.94. The summed E-state index contributed by atoms with van der Waals surface area (Å²) in [6.45, 7) is 1.13. The van der Waals surface area contributed by atoms with Crippen molar-refractivity contribution in [3.8, 4) is 5.75 Å². The topological polar surface area (TPSA) is 55.8 Å². The zero-order chi connectivity index (χ0) is 12.3. The minimum absolute atomic E-state index is 0.0623. The van der Waals surface area contributed by atoms with Crippen molar-refractivity contribution >= 4 is 17.6 Å². The Kier molecular flexibility index (Phi) is 3.86. The van der Waals surface area contributed by atoms with Crippen LogP contribution < -0.4 is 4.74 Å². The molecule has 1 aromatic rings. The highest BCUT2D eigenvalue weighted by Gasteiger charge is 2.18. The molecular formula is C12H13ClO4. The van der Waals surface area contributed by atoms with E-state index < -0.39 is 5.97 Å². The van der Waals surface area contributed by atoms with Crippen LogP contribution in [0.1, 0.15) is 23.2 Å². The first kappa shape index (κ1) is 12.2. The summed E-state index contributed by atoms with van der Waals surface area (Å²) in [7, 11) is 0. The van der Waals surface area contributed by atoms with E-state index in [4.69, 9.17) is 26.2 Å². The van der Waals surface area contributed by atoms with Gasteiger partial charge in [0.2, 0.25) is 0 Å².